The van der Waals surface area contributed by atoms with E-state index in [1.807, 2.05) is 0 Å². The van der Waals surface area contributed by atoms with E-state index < -0.39 is 17.8 Å². The Kier molecular flexibility index (Phi) is 6.17. The largest absolute Gasteiger partial charge is 0.481 e. The molecule has 0 spiro atoms. The SMILES string of the molecule is CCN(CC)CCn1cc(NC(=O)C(C)C(=O)O)cn1. The molecule has 7 heteroatoms. The lowest BCUT2D eigenvalue weighted by molar-refractivity contribution is -0.144. The zero-order valence-corrected chi connectivity index (χ0v) is 12.2. The van der Waals surface area contributed by atoms with E-state index >= 15 is 0 Å². The molecule has 0 aromatic carbocycles. The van der Waals surface area contributed by atoms with Gasteiger partial charge in [0.2, 0.25) is 5.91 Å². The second-order valence-electron chi connectivity index (χ2n) is 4.57. The number of hydrogen-bond donors (Lipinski definition) is 2. The summed E-state index contributed by atoms with van der Waals surface area (Å²) in [6, 6.07) is 0. The van der Waals surface area contributed by atoms with E-state index in [2.05, 4.69) is 29.2 Å². The summed E-state index contributed by atoms with van der Waals surface area (Å²) in [6.45, 7) is 9.13. The van der Waals surface area contributed by atoms with E-state index in [1.54, 1.807) is 10.9 Å². The third kappa shape index (κ3) is 4.65. The Hall–Kier alpha value is -1.89. The Labute approximate surface area is 118 Å². The number of aliphatic carboxylic acids is 1. The first-order chi connectivity index (χ1) is 9.47. The average molecular weight is 282 g/mol. The summed E-state index contributed by atoms with van der Waals surface area (Å²) in [7, 11) is 0. The Morgan fingerprint density at radius 3 is 2.65 bits per heavy atom. The van der Waals surface area contributed by atoms with Gasteiger partial charge in [-0.2, -0.15) is 5.10 Å². The number of carboxylic acids is 1. The van der Waals surface area contributed by atoms with Crippen LogP contribution in [0.2, 0.25) is 0 Å². The predicted octanol–water partition coefficient (Wildman–Crippen LogP) is 0.884. The van der Waals surface area contributed by atoms with Gasteiger partial charge in [0.15, 0.2) is 0 Å². The van der Waals surface area contributed by atoms with Gasteiger partial charge >= 0.3 is 5.97 Å². The summed E-state index contributed by atoms with van der Waals surface area (Å²) in [5.41, 5.74) is 0.516. The summed E-state index contributed by atoms with van der Waals surface area (Å²) < 4.78 is 1.74. The number of rotatable bonds is 8. The molecule has 0 bridgehead atoms. The van der Waals surface area contributed by atoms with Crippen molar-refractivity contribution < 1.29 is 14.7 Å². The van der Waals surface area contributed by atoms with Crippen molar-refractivity contribution in [3.05, 3.63) is 12.4 Å². The third-order valence-electron chi connectivity index (χ3n) is 3.20. The monoisotopic (exact) mass is 282 g/mol. The molecule has 2 N–H and O–H groups in total. The van der Waals surface area contributed by atoms with E-state index in [4.69, 9.17) is 5.11 Å². The van der Waals surface area contributed by atoms with Crippen molar-refractivity contribution in [2.75, 3.05) is 25.0 Å². The summed E-state index contributed by atoms with van der Waals surface area (Å²) in [6.07, 6.45) is 3.23. The molecule has 0 aliphatic rings. The number of carbonyl (C=O) groups excluding carboxylic acids is 1. The van der Waals surface area contributed by atoms with Crippen LogP contribution in [0.3, 0.4) is 0 Å². The number of anilines is 1. The highest BCUT2D eigenvalue weighted by atomic mass is 16.4. The van der Waals surface area contributed by atoms with E-state index in [1.165, 1.54) is 13.1 Å². The molecular weight excluding hydrogens is 260 g/mol. The minimum Gasteiger partial charge on any atom is -0.481 e. The zero-order valence-electron chi connectivity index (χ0n) is 12.2. The predicted molar refractivity (Wildman–Crippen MR) is 75.4 cm³/mol. The van der Waals surface area contributed by atoms with Crippen LogP contribution in [0.4, 0.5) is 5.69 Å². The smallest absolute Gasteiger partial charge is 0.315 e. The Balaban J connectivity index is 2.51. The standard InChI is InChI=1S/C13H22N4O3/c1-4-16(5-2)6-7-17-9-11(8-14-17)15-12(18)10(3)13(19)20/h8-10H,4-7H2,1-3H3,(H,15,18)(H,19,20). The lowest BCUT2D eigenvalue weighted by Gasteiger charge is -2.17. The molecule has 0 aliphatic heterocycles. The average Bonchev–Trinajstić information content (AvgIpc) is 2.86. The maximum atomic E-state index is 11.6. The van der Waals surface area contributed by atoms with Crippen molar-refractivity contribution in [2.24, 2.45) is 5.92 Å². The molecule has 1 amide bonds. The Morgan fingerprint density at radius 2 is 2.10 bits per heavy atom. The zero-order chi connectivity index (χ0) is 15.1. The van der Waals surface area contributed by atoms with Crippen LogP contribution in [0.1, 0.15) is 20.8 Å². The van der Waals surface area contributed by atoms with Crippen molar-refractivity contribution in [3.8, 4) is 0 Å². The Bertz CT molecular complexity index is 454. The number of aromatic nitrogens is 2. The first-order valence-corrected chi connectivity index (χ1v) is 6.76. The summed E-state index contributed by atoms with van der Waals surface area (Å²) in [5, 5.41) is 15.4. The van der Waals surface area contributed by atoms with E-state index in [0.29, 0.717) is 5.69 Å². The van der Waals surface area contributed by atoms with Crippen molar-refractivity contribution in [2.45, 2.75) is 27.3 Å². The van der Waals surface area contributed by atoms with E-state index in [0.717, 1.165) is 26.2 Å². The highest BCUT2D eigenvalue weighted by Gasteiger charge is 2.20. The minimum atomic E-state index is -1.14. The first kappa shape index (κ1) is 16.2. The molecule has 1 rings (SSSR count). The molecule has 1 aromatic heterocycles. The number of nitrogens with zero attached hydrogens (tertiary/aromatic N) is 3. The fourth-order valence-electron chi connectivity index (χ4n) is 1.70. The number of likely N-dealkylation sites (N-methyl/N-ethyl adjacent to an activating group) is 1. The normalized spacial score (nSPS) is 12.4. The highest BCUT2D eigenvalue weighted by molar-refractivity contribution is 6.03. The van der Waals surface area contributed by atoms with Crippen LogP contribution in [0.15, 0.2) is 12.4 Å². The molecule has 0 radical (unpaired) electrons. The van der Waals surface area contributed by atoms with Crippen molar-refractivity contribution in [1.29, 1.82) is 0 Å². The second-order valence-corrected chi connectivity index (χ2v) is 4.57. The molecule has 1 unspecified atom stereocenters. The second kappa shape index (κ2) is 7.64. The maximum absolute atomic E-state index is 11.6. The quantitative estimate of drug-likeness (QED) is 0.691. The van der Waals surface area contributed by atoms with Gasteiger partial charge in [0.25, 0.3) is 0 Å². The van der Waals surface area contributed by atoms with Crippen molar-refractivity contribution in [3.63, 3.8) is 0 Å². The maximum Gasteiger partial charge on any atom is 0.315 e. The summed E-state index contributed by atoms with van der Waals surface area (Å²) in [5.74, 6) is -2.76. The summed E-state index contributed by atoms with van der Waals surface area (Å²) >= 11 is 0. The van der Waals surface area contributed by atoms with Gasteiger partial charge in [0.05, 0.1) is 18.4 Å². The molecule has 0 saturated carbocycles. The summed E-state index contributed by atoms with van der Waals surface area (Å²) in [4.78, 5) is 24.5. The van der Waals surface area contributed by atoms with Crippen LogP contribution in [-0.2, 0) is 16.1 Å². The molecule has 7 nitrogen and oxygen atoms in total. The number of carbonyl (C=O) groups is 2. The molecule has 112 valence electrons. The molecule has 1 aromatic rings. The molecule has 0 fully saturated rings. The lowest BCUT2D eigenvalue weighted by Crippen LogP contribution is -2.27. The number of nitrogens with one attached hydrogen (secondary N) is 1. The van der Waals surface area contributed by atoms with E-state index in [-0.39, 0.29) is 0 Å². The fourth-order valence-corrected chi connectivity index (χ4v) is 1.70. The van der Waals surface area contributed by atoms with Gasteiger partial charge in [-0.1, -0.05) is 13.8 Å². The van der Waals surface area contributed by atoms with E-state index in [9.17, 15) is 9.59 Å². The molecule has 0 saturated heterocycles. The molecule has 20 heavy (non-hydrogen) atoms. The minimum absolute atomic E-state index is 0.516. The van der Waals surface area contributed by atoms with Crippen molar-refractivity contribution >= 4 is 17.6 Å². The van der Waals surface area contributed by atoms with Crippen LogP contribution in [-0.4, -0.2) is 51.3 Å². The van der Waals surface area contributed by atoms with Crippen LogP contribution in [0.25, 0.3) is 0 Å². The molecular formula is C13H22N4O3. The first-order valence-electron chi connectivity index (χ1n) is 6.76. The topological polar surface area (TPSA) is 87.5 Å². The molecule has 1 heterocycles. The van der Waals surface area contributed by atoms with Crippen LogP contribution < -0.4 is 5.32 Å². The molecule has 1 atom stereocenters. The van der Waals surface area contributed by atoms with Gasteiger partial charge in [-0.15, -0.1) is 0 Å². The van der Waals surface area contributed by atoms with Gasteiger partial charge in [-0.05, 0) is 20.0 Å². The number of carboxylic acid groups (broad SMARTS) is 1. The molecule has 0 aliphatic carbocycles. The van der Waals surface area contributed by atoms with Crippen LogP contribution in [0, 0.1) is 5.92 Å². The third-order valence-corrected chi connectivity index (χ3v) is 3.20. The van der Waals surface area contributed by atoms with Crippen LogP contribution in [0.5, 0.6) is 0 Å². The number of hydrogen-bond acceptors (Lipinski definition) is 4. The van der Waals surface area contributed by atoms with Gasteiger partial charge in [0.1, 0.15) is 5.92 Å². The lowest BCUT2D eigenvalue weighted by atomic mass is 10.2. The van der Waals surface area contributed by atoms with Crippen LogP contribution >= 0.6 is 0 Å². The van der Waals surface area contributed by atoms with Gasteiger partial charge in [0, 0.05) is 12.7 Å². The van der Waals surface area contributed by atoms with Gasteiger partial charge in [-0.3, -0.25) is 14.3 Å². The van der Waals surface area contributed by atoms with Gasteiger partial charge in [-0.25, -0.2) is 0 Å². The fraction of sp³-hybridized carbons (Fsp3) is 0.615. The highest BCUT2D eigenvalue weighted by Crippen LogP contribution is 2.08. The number of amides is 1. The van der Waals surface area contributed by atoms with Crippen molar-refractivity contribution in [1.82, 2.24) is 14.7 Å². The Morgan fingerprint density at radius 1 is 1.45 bits per heavy atom. The van der Waals surface area contributed by atoms with Gasteiger partial charge < -0.3 is 15.3 Å².